The van der Waals surface area contributed by atoms with E-state index in [1.165, 1.54) is 0 Å². The molecule has 0 atom stereocenters. The second kappa shape index (κ2) is 8.72. The summed E-state index contributed by atoms with van der Waals surface area (Å²) in [5, 5.41) is 8.64. The van der Waals surface area contributed by atoms with E-state index >= 15 is 0 Å². The van der Waals surface area contributed by atoms with E-state index in [-0.39, 0.29) is 6.42 Å². The third-order valence-corrected chi connectivity index (χ3v) is 6.24. The van der Waals surface area contributed by atoms with Crippen LogP contribution in [0.4, 0.5) is 26.2 Å². The zero-order chi connectivity index (χ0) is 22.1. The quantitative estimate of drug-likeness (QED) is 0.409. The lowest BCUT2D eigenvalue weighted by molar-refractivity contribution is 0.131. The molecule has 5 rings (SSSR count). The number of nitrogens with zero attached hydrogens (tertiary/aromatic N) is 5. The molecule has 4 heterocycles. The highest BCUT2D eigenvalue weighted by Gasteiger charge is 2.24. The third-order valence-electron chi connectivity index (χ3n) is 6.24. The van der Waals surface area contributed by atoms with E-state index in [0.717, 1.165) is 60.3 Å². The van der Waals surface area contributed by atoms with Gasteiger partial charge in [0.25, 0.3) is 0 Å². The fraction of sp³-hybridized carbons (Fsp3) is 0.435. The molecule has 0 radical (unpaired) electrons. The topological polar surface area (TPSA) is 72.0 Å². The Bertz CT molecular complexity index is 1210. The smallest absolute Gasteiger partial charge is 0.238 e. The first kappa shape index (κ1) is 20.7. The Kier molecular flexibility index (Phi) is 5.63. The number of alkyl halides is 2. The molecule has 0 amide bonds. The van der Waals surface area contributed by atoms with Gasteiger partial charge in [0.05, 0.1) is 18.0 Å². The van der Waals surface area contributed by atoms with E-state index < -0.39 is 6.43 Å². The molecule has 0 aliphatic carbocycles. The number of aryl methyl sites for hydroxylation is 1. The highest BCUT2D eigenvalue weighted by Crippen LogP contribution is 2.32. The summed E-state index contributed by atoms with van der Waals surface area (Å²) in [7, 11) is 1.92. The van der Waals surface area contributed by atoms with E-state index in [1.807, 2.05) is 42.2 Å². The van der Waals surface area contributed by atoms with Crippen LogP contribution in [0.25, 0.3) is 22.0 Å². The Hall–Kier alpha value is -3.23. The second-order valence-electron chi connectivity index (χ2n) is 8.42. The molecule has 0 unspecified atom stereocenters. The van der Waals surface area contributed by atoms with Gasteiger partial charge < -0.3 is 14.6 Å². The number of hydrogen-bond acceptors (Lipinski definition) is 6. The average Bonchev–Trinajstić information content (AvgIpc) is 3.40. The second-order valence-corrected chi connectivity index (χ2v) is 8.42. The number of furan rings is 1. The van der Waals surface area contributed by atoms with Gasteiger partial charge in [-0.1, -0.05) is 6.42 Å². The molecule has 1 aliphatic rings. The van der Waals surface area contributed by atoms with Gasteiger partial charge >= 0.3 is 0 Å². The highest BCUT2D eigenvalue weighted by molar-refractivity contribution is 5.87. The van der Waals surface area contributed by atoms with Crippen LogP contribution in [-0.2, 0) is 7.05 Å². The molecule has 1 fully saturated rings. The summed E-state index contributed by atoms with van der Waals surface area (Å²) in [5.41, 5.74) is 3.37. The van der Waals surface area contributed by atoms with E-state index in [0.29, 0.717) is 23.9 Å². The summed E-state index contributed by atoms with van der Waals surface area (Å²) >= 11 is 0. The van der Waals surface area contributed by atoms with Crippen LogP contribution in [0.5, 0.6) is 0 Å². The molecule has 3 aromatic heterocycles. The molecule has 1 aliphatic heterocycles. The zero-order valence-electron chi connectivity index (χ0n) is 18.0. The Morgan fingerprint density at radius 1 is 1.19 bits per heavy atom. The van der Waals surface area contributed by atoms with Crippen molar-refractivity contribution in [1.29, 1.82) is 0 Å². The molecule has 9 heteroatoms. The number of halogens is 2. The van der Waals surface area contributed by atoms with Crippen molar-refractivity contribution in [1.82, 2.24) is 19.7 Å². The number of benzene rings is 1. The van der Waals surface area contributed by atoms with Crippen molar-refractivity contribution in [3.05, 3.63) is 36.7 Å². The normalized spacial score (nSPS) is 15.3. The predicted molar refractivity (Wildman–Crippen MR) is 121 cm³/mol. The van der Waals surface area contributed by atoms with Gasteiger partial charge in [0.2, 0.25) is 12.4 Å². The maximum atomic E-state index is 12.4. The van der Waals surface area contributed by atoms with Crippen molar-refractivity contribution in [2.45, 2.75) is 38.5 Å². The molecule has 32 heavy (non-hydrogen) atoms. The Balaban J connectivity index is 1.33. The third kappa shape index (κ3) is 4.24. The van der Waals surface area contributed by atoms with Gasteiger partial charge in [-0.3, -0.25) is 4.68 Å². The summed E-state index contributed by atoms with van der Waals surface area (Å²) in [6, 6.07) is 7.86. The van der Waals surface area contributed by atoms with Crippen LogP contribution in [0, 0.1) is 5.92 Å². The molecule has 4 aromatic rings. The molecule has 7 nitrogen and oxygen atoms in total. The first-order valence-electron chi connectivity index (χ1n) is 11.0. The molecular weight excluding hydrogens is 414 g/mol. The minimum atomic E-state index is -2.20. The lowest BCUT2D eigenvalue weighted by Crippen LogP contribution is -2.34. The van der Waals surface area contributed by atoms with Crippen molar-refractivity contribution >= 4 is 39.5 Å². The summed E-state index contributed by atoms with van der Waals surface area (Å²) in [4.78, 5) is 11.6. The first-order valence-corrected chi connectivity index (χ1v) is 11.0. The SMILES string of the molecule is Cn1ncc2cc(Nc3nc(N4CCC(CCCC(F)F)CC4)c4occc4n3)ccc21. The fourth-order valence-electron chi connectivity index (χ4n) is 4.48. The molecule has 0 saturated carbocycles. The Morgan fingerprint density at radius 3 is 2.84 bits per heavy atom. The van der Waals surface area contributed by atoms with Gasteiger partial charge in [0, 0.05) is 43.7 Å². The fourth-order valence-corrected chi connectivity index (χ4v) is 4.48. The van der Waals surface area contributed by atoms with Crippen LogP contribution < -0.4 is 10.2 Å². The average molecular weight is 440 g/mol. The Morgan fingerprint density at radius 2 is 2.03 bits per heavy atom. The van der Waals surface area contributed by atoms with Crippen molar-refractivity contribution in [2.75, 3.05) is 23.3 Å². The number of piperidine rings is 1. The number of aromatic nitrogens is 4. The maximum Gasteiger partial charge on any atom is 0.238 e. The minimum Gasteiger partial charge on any atom is -0.459 e. The summed E-state index contributed by atoms with van der Waals surface area (Å²) < 4.78 is 32.4. The van der Waals surface area contributed by atoms with Gasteiger partial charge in [-0.2, -0.15) is 10.1 Å². The van der Waals surface area contributed by atoms with Gasteiger partial charge in [-0.15, -0.1) is 0 Å². The van der Waals surface area contributed by atoms with Crippen LogP contribution in [-0.4, -0.2) is 39.3 Å². The molecule has 0 spiro atoms. The first-order chi connectivity index (χ1) is 15.6. The number of rotatable bonds is 7. The molecule has 1 aromatic carbocycles. The minimum absolute atomic E-state index is 0.000986. The van der Waals surface area contributed by atoms with Gasteiger partial charge in [0.15, 0.2) is 11.4 Å². The van der Waals surface area contributed by atoms with Crippen molar-refractivity contribution in [2.24, 2.45) is 13.0 Å². The summed E-state index contributed by atoms with van der Waals surface area (Å²) in [6.45, 7) is 1.65. The predicted octanol–water partition coefficient (Wildman–Crippen LogP) is 5.50. The lowest BCUT2D eigenvalue weighted by atomic mass is 9.91. The molecular formula is C23H26F2N6O. The number of fused-ring (bicyclic) bond motifs is 2. The van der Waals surface area contributed by atoms with E-state index in [9.17, 15) is 8.78 Å². The standard InChI is InChI=1S/C23H26F2N6O/c1-30-19-6-5-17(13-16(19)14-26-30)27-23-28-18-9-12-32-21(18)22(29-23)31-10-7-15(8-11-31)3-2-4-20(24)25/h5-6,9,12-15,20H,2-4,7-8,10-11H2,1H3,(H,27,28,29). The van der Waals surface area contributed by atoms with Crippen molar-refractivity contribution in [3.63, 3.8) is 0 Å². The Labute approximate surface area is 184 Å². The van der Waals surface area contributed by atoms with Gasteiger partial charge in [0.1, 0.15) is 5.52 Å². The van der Waals surface area contributed by atoms with Gasteiger partial charge in [-0.05, 0) is 43.4 Å². The van der Waals surface area contributed by atoms with Crippen molar-refractivity contribution in [3.8, 4) is 0 Å². The van der Waals surface area contributed by atoms with E-state index in [2.05, 4.69) is 20.3 Å². The van der Waals surface area contributed by atoms with Crippen LogP contribution in [0.3, 0.4) is 0 Å². The highest BCUT2D eigenvalue weighted by atomic mass is 19.3. The molecule has 1 N–H and O–H groups in total. The summed E-state index contributed by atoms with van der Waals surface area (Å²) in [5.74, 6) is 1.77. The van der Waals surface area contributed by atoms with E-state index in [4.69, 9.17) is 9.40 Å². The van der Waals surface area contributed by atoms with Crippen LogP contribution in [0.1, 0.15) is 32.1 Å². The van der Waals surface area contributed by atoms with Crippen LogP contribution in [0.2, 0.25) is 0 Å². The van der Waals surface area contributed by atoms with Crippen molar-refractivity contribution < 1.29 is 13.2 Å². The molecule has 168 valence electrons. The lowest BCUT2D eigenvalue weighted by Gasteiger charge is -2.32. The summed E-state index contributed by atoms with van der Waals surface area (Å²) in [6.07, 6.45) is 4.65. The number of hydrogen-bond donors (Lipinski definition) is 1. The van der Waals surface area contributed by atoms with Gasteiger partial charge in [-0.25, -0.2) is 13.8 Å². The monoisotopic (exact) mass is 440 g/mol. The largest absolute Gasteiger partial charge is 0.459 e. The molecule has 1 saturated heterocycles. The molecule has 0 bridgehead atoms. The van der Waals surface area contributed by atoms with Crippen LogP contribution >= 0.6 is 0 Å². The van der Waals surface area contributed by atoms with Crippen LogP contribution in [0.15, 0.2) is 41.1 Å². The number of nitrogens with one attached hydrogen (secondary N) is 1. The van der Waals surface area contributed by atoms with E-state index in [1.54, 1.807) is 6.26 Å². The zero-order valence-corrected chi connectivity index (χ0v) is 18.0. The number of anilines is 3. The maximum absolute atomic E-state index is 12.4.